The van der Waals surface area contributed by atoms with Gasteiger partial charge in [-0.3, -0.25) is 9.59 Å². The number of nitrogens with one attached hydrogen (secondary N) is 1. The molecule has 2 aliphatic heterocycles. The van der Waals surface area contributed by atoms with E-state index in [0.717, 1.165) is 31.6 Å². The zero-order valence-corrected chi connectivity index (χ0v) is 19.5. The molecule has 0 aliphatic carbocycles. The maximum Gasteiger partial charge on any atom is 0.258 e. The van der Waals surface area contributed by atoms with Crippen molar-refractivity contribution in [2.45, 2.75) is 25.4 Å². The third kappa shape index (κ3) is 5.37. The van der Waals surface area contributed by atoms with E-state index in [0.29, 0.717) is 24.9 Å². The predicted octanol–water partition coefficient (Wildman–Crippen LogP) is 3.08. The van der Waals surface area contributed by atoms with Crippen LogP contribution in [0.3, 0.4) is 0 Å². The molecule has 2 heterocycles. The van der Waals surface area contributed by atoms with E-state index in [9.17, 15) is 14.0 Å². The number of fused-ring (bicyclic) bond motifs is 1. The van der Waals surface area contributed by atoms with Crippen LogP contribution in [-0.4, -0.2) is 60.4 Å². The molecule has 3 N–H and O–H groups in total. The second kappa shape index (κ2) is 10.2. The van der Waals surface area contributed by atoms with Crippen LogP contribution in [0.4, 0.5) is 4.39 Å². The Kier molecular flexibility index (Phi) is 7.32. The Morgan fingerprint density at radius 1 is 1.09 bits per heavy atom. The van der Waals surface area contributed by atoms with Gasteiger partial charge in [0.2, 0.25) is 5.91 Å². The van der Waals surface area contributed by atoms with Gasteiger partial charge < -0.3 is 20.9 Å². The van der Waals surface area contributed by atoms with Crippen LogP contribution >= 0.6 is 11.6 Å². The molecule has 176 valence electrons. The highest BCUT2D eigenvalue weighted by Crippen LogP contribution is 2.33. The van der Waals surface area contributed by atoms with Gasteiger partial charge in [0.1, 0.15) is 5.82 Å². The maximum absolute atomic E-state index is 14.2. The number of hydrogen-bond acceptors (Lipinski definition) is 4. The summed E-state index contributed by atoms with van der Waals surface area (Å²) in [7, 11) is 0. The van der Waals surface area contributed by atoms with Gasteiger partial charge in [-0.15, -0.1) is 0 Å². The van der Waals surface area contributed by atoms with Crippen LogP contribution in [0.25, 0.3) is 0 Å². The van der Waals surface area contributed by atoms with Crippen molar-refractivity contribution in [3.8, 4) is 0 Å². The molecule has 2 saturated heterocycles. The minimum atomic E-state index is -0.577. The lowest BCUT2D eigenvalue weighted by molar-refractivity contribution is -0.122. The molecule has 2 aromatic carbocycles. The van der Waals surface area contributed by atoms with Crippen LogP contribution in [0.15, 0.2) is 48.5 Å². The van der Waals surface area contributed by atoms with Crippen molar-refractivity contribution in [2.75, 3.05) is 32.7 Å². The van der Waals surface area contributed by atoms with E-state index in [2.05, 4.69) is 10.2 Å². The Morgan fingerprint density at radius 3 is 2.36 bits per heavy atom. The summed E-state index contributed by atoms with van der Waals surface area (Å²) in [6.45, 7) is 5.48. The molecule has 33 heavy (non-hydrogen) atoms. The first-order valence-corrected chi connectivity index (χ1v) is 11.8. The lowest BCUT2D eigenvalue weighted by Crippen LogP contribution is -2.41. The Balaban J connectivity index is 1.34. The highest BCUT2D eigenvalue weighted by atomic mass is 35.5. The summed E-state index contributed by atoms with van der Waals surface area (Å²) in [5, 5.41) is 3.22. The predicted molar refractivity (Wildman–Crippen MR) is 126 cm³/mol. The van der Waals surface area contributed by atoms with Crippen LogP contribution in [0, 0.1) is 17.7 Å². The molecule has 0 radical (unpaired) electrons. The van der Waals surface area contributed by atoms with E-state index in [1.165, 1.54) is 12.1 Å². The lowest BCUT2D eigenvalue weighted by atomic mass is 10.0. The Bertz CT molecular complexity index is 969. The number of likely N-dealkylation sites (tertiary alicyclic amines) is 2. The first-order valence-electron chi connectivity index (χ1n) is 11.4. The molecule has 0 bridgehead atoms. The summed E-state index contributed by atoms with van der Waals surface area (Å²) < 4.78 is 14.2. The summed E-state index contributed by atoms with van der Waals surface area (Å²) in [6.07, 6.45) is 0.773. The summed E-state index contributed by atoms with van der Waals surface area (Å²) >= 11 is 6.09. The topological polar surface area (TPSA) is 78.7 Å². The third-order valence-corrected chi connectivity index (χ3v) is 7.01. The average Bonchev–Trinajstić information content (AvgIpc) is 3.35. The summed E-state index contributed by atoms with van der Waals surface area (Å²) in [6, 6.07) is 13.6. The molecule has 8 heteroatoms. The Morgan fingerprint density at radius 2 is 1.76 bits per heavy atom. The van der Waals surface area contributed by atoms with Crippen LogP contribution < -0.4 is 11.1 Å². The normalized spacial score (nSPS) is 22.1. The molecule has 2 aliphatic rings. The second-order valence-electron chi connectivity index (χ2n) is 9.14. The fraction of sp³-hybridized carbons (Fsp3) is 0.440. The van der Waals surface area contributed by atoms with E-state index in [-0.39, 0.29) is 28.4 Å². The summed E-state index contributed by atoms with van der Waals surface area (Å²) in [4.78, 5) is 29.2. The van der Waals surface area contributed by atoms with Crippen molar-refractivity contribution in [1.29, 1.82) is 0 Å². The van der Waals surface area contributed by atoms with Crippen molar-refractivity contribution in [3.05, 3.63) is 70.5 Å². The van der Waals surface area contributed by atoms with E-state index in [4.69, 9.17) is 17.3 Å². The maximum atomic E-state index is 14.2. The first kappa shape index (κ1) is 23.7. The number of rotatable bonds is 7. The standard InChI is InChI=1S/C25H30ClFN4O2/c1-16(28)24(32)29-22(17-6-3-2-4-7-17)10-11-30-12-18-14-31(15-19(18)13-30)25(33)23-20(26)8-5-9-21(23)27/h2-9,16,18-19,22H,10-15,28H2,1H3,(H,29,32)/t16-,18?,19?,22-/m0/s1. The highest BCUT2D eigenvalue weighted by molar-refractivity contribution is 6.33. The van der Waals surface area contributed by atoms with E-state index < -0.39 is 11.9 Å². The van der Waals surface area contributed by atoms with Gasteiger partial charge in [-0.05, 0) is 42.9 Å². The van der Waals surface area contributed by atoms with Gasteiger partial charge in [0.05, 0.1) is 22.7 Å². The van der Waals surface area contributed by atoms with Crippen molar-refractivity contribution < 1.29 is 14.0 Å². The number of carbonyl (C=O) groups excluding carboxylic acids is 2. The zero-order chi connectivity index (χ0) is 23.5. The van der Waals surface area contributed by atoms with Crippen molar-refractivity contribution in [1.82, 2.24) is 15.1 Å². The summed E-state index contributed by atoms with van der Waals surface area (Å²) in [5.74, 6) is -0.362. The van der Waals surface area contributed by atoms with Crippen molar-refractivity contribution in [3.63, 3.8) is 0 Å². The van der Waals surface area contributed by atoms with E-state index in [1.54, 1.807) is 17.9 Å². The lowest BCUT2D eigenvalue weighted by Gasteiger charge is -2.25. The van der Waals surface area contributed by atoms with Crippen LogP contribution in [0.1, 0.15) is 35.3 Å². The fourth-order valence-electron chi connectivity index (χ4n) is 4.92. The van der Waals surface area contributed by atoms with Crippen LogP contribution in [0.5, 0.6) is 0 Å². The molecular weight excluding hydrogens is 443 g/mol. The number of amides is 2. The van der Waals surface area contributed by atoms with Gasteiger partial charge in [0, 0.05) is 32.7 Å². The molecular formula is C25H30ClFN4O2. The van der Waals surface area contributed by atoms with Crippen LogP contribution in [-0.2, 0) is 4.79 Å². The van der Waals surface area contributed by atoms with E-state index in [1.807, 2.05) is 30.3 Å². The monoisotopic (exact) mass is 472 g/mol. The molecule has 0 aromatic heterocycles. The average molecular weight is 473 g/mol. The smallest absolute Gasteiger partial charge is 0.258 e. The molecule has 0 saturated carbocycles. The second-order valence-corrected chi connectivity index (χ2v) is 9.54. The number of carbonyl (C=O) groups is 2. The number of nitrogens with zero attached hydrogens (tertiary/aromatic N) is 2. The first-order chi connectivity index (χ1) is 15.8. The minimum Gasteiger partial charge on any atom is -0.348 e. The molecule has 2 aromatic rings. The number of halogens is 2. The summed E-state index contributed by atoms with van der Waals surface area (Å²) in [5.41, 5.74) is 6.78. The van der Waals surface area contributed by atoms with Crippen molar-refractivity contribution in [2.24, 2.45) is 17.6 Å². The molecule has 2 amide bonds. The Hall–Kier alpha value is -2.48. The minimum absolute atomic E-state index is 0.0356. The third-order valence-electron chi connectivity index (χ3n) is 6.69. The zero-order valence-electron chi connectivity index (χ0n) is 18.7. The quantitative estimate of drug-likeness (QED) is 0.649. The highest BCUT2D eigenvalue weighted by Gasteiger charge is 2.42. The van der Waals surface area contributed by atoms with Gasteiger partial charge in [0.25, 0.3) is 5.91 Å². The molecule has 4 atom stereocenters. The van der Waals surface area contributed by atoms with Gasteiger partial charge in [0.15, 0.2) is 0 Å². The molecule has 0 spiro atoms. The van der Waals surface area contributed by atoms with Crippen LogP contribution in [0.2, 0.25) is 5.02 Å². The molecule has 4 rings (SSSR count). The molecule has 6 nitrogen and oxygen atoms in total. The van der Waals surface area contributed by atoms with Crippen molar-refractivity contribution >= 4 is 23.4 Å². The fourth-order valence-corrected chi connectivity index (χ4v) is 5.17. The number of benzene rings is 2. The largest absolute Gasteiger partial charge is 0.348 e. The van der Waals surface area contributed by atoms with Gasteiger partial charge in [-0.1, -0.05) is 48.0 Å². The molecule has 2 unspecified atom stereocenters. The van der Waals surface area contributed by atoms with Gasteiger partial charge >= 0.3 is 0 Å². The number of hydrogen-bond donors (Lipinski definition) is 2. The number of nitrogens with two attached hydrogens (primary N) is 1. The molecule has 2 fully saturated rings. The van der Waals surface area contributed by atoms with E-state index >= 15 is 0 Å². The SMILES string of the molecule is C[C@H](N)C(=O)N[C@@H](CCN1CC2CN(C(=O)c3c(F)cccc3Cl)CC2C1)c1ccccc1. The van der Waals surface area contributed by atoms with Gasteiger partial charge in [-0.25, -0.2) is 4.39 Å². The van der Waals surface area contributed by atoms with Gasteiger partial charge in [-0.2, -0.15) is 0 Å². The Labute approximate surface area is 198 Å².